The van der Waals surface area contributed by atoms with Crippen LogP contribution in [0.3, 0.4) is 0 Å². The molecule has 2 heterocycles. The smallest absolute Gasteiger partial charge is 0.303 e. The molecule has 1 aliphatic heterocycles. The SMILES string of the molecule is CCN1CCc2c(cc(CCC(=O)O)c(=O)n2C(C)C)C1. The number of likely N-dealkylation sites (N-methyl/N-ethyl adjacent to an activating group) is 1. The van der Waals surface area contributed by atoms with Gasteiger partial charge in [0.25, 0.3) is 5.56 Å². The fourth-order valence-electron chi connectivity index (χ4n) is 3.03. The van der Waals surface area contributed by atoms with Crippen molar-refractivity contribution in [3.63, 3.8) is 0 Å². The van der Waals surface area contributed by atoms with Crippen LogP contribution in [-0.2, 0) is 24.2 Å². The Morgan fingerprint density at radius 1 is 1.43 bits per heavy atom. The van der Waals surface area contributed by atoms with Gasteiger partial charge in [0.2, 0.25) is 0 Å². The number of nitrogens with zero attached hydrogens (tertiary/aromatic N) is 2. The first-order valence-corrected chi connectivity index (χ1v) is 7.64. The number of hydrogen-bond acceptors (Lipinski definition) is 3. The van der Waals surface area contributed by atoms with Gasteiger partial charge in [0.15, 0.2) is 0 Å². The van der Waals surface area contributed by atoms with Gasteiger partial charge in [-0.1, -0.05) is 6.92 Å². The van der Waals surface area contributed by atoms with Crippen molar-refractivity contribution in [2.24, 2.45) is 0 Å². The molecule has 0 fully saturated rings. The second-order valence-electron chi connectivity index (χ2n) is 5.92. The summed E-state index contributed by atoms with van der Waals surface area (Å²) in [5.41, 5.74) is 2.91. The summed E-state index contributed by atoms with van der Waals surface area (Å²) >= 11 is 0. The average Bonchev–Trinajstić information content (AvgIpc) is 2.44. The third-order valence-electron chi connectivity index (χ3n) is 4.13. The van der Waals surface area contributed by atoms with Gasteiger partial charge in [-0.25, -0.2) is 0 Å². The molecule has 0 saturated heterocycles. The zero-order valence-electron chi connectivity index (χ0n) is 13.1. The molecule has 1 aromatic heterocycles. The van der Waals surface area contributed by atoms with Gasteiger partial charge in [0, 0.05) is 43.2 Å². The van der Waals surface area contributed by atoms with E-state index in [1.165, 1.54) is 5.56 Å². The van der Waals surface area contributed by atoms with Gasteiger partial charge < -0.3 is 9.67 Å². The van der Waals surface area contributed by atoms with Crippen LogP contribution in [0.4, 0.5) is 0 Å². The van der Waals surface area contributed by atoms with Crippen molar-refractivity contribution in [2.75, 3.05) is 13.1 Å². The maximum absolute atomic E-state index is 12.6. The van der Waals surface area contributed by atoms with E-state index >= 15 is 0 Å². The molecule has 0 amide bonds. The predicted octanol–water partition coefficient (Wildman–Crippen LogP) is 1.82. The summed E-state index contributed by atoms with van der Waals surface area (Å²) in [7, 11) is 0. The van der Waals surface area contributed by atoms with Crippen LogP contribution in [0.1, 0.15) is 50.1 Å². The number of fused-ring (bicyclic) bond motifs is 1. The van der Waals surface area contributed by atoms with Gasteiger partial charge in [-0.2, -0.15) is 0 Å². The second-order valence-corrected chi connectivity index (χ2v) is 5.92. The molecule has 116 valence electrons. The molecule has 1 N–H and O–H groups in total. The van der Waals surface area contributed by atoms with Crippen molar-refractivity contribution in [3.05, 3.63) is 33.2 Å². The highest BCUT2D eigenvalue weighted by molar-refractivity contribution is 5.67. The highest BCUT2D eigenvalue weighted by Gasteiger charge is 2.22. The maximum atomic E-state index is 12.6. The number of carboxylic acids is 1. The van der Waals surface area contributed by atoms with Gasteiger partial charge in [-0.05, 0) is 38.4 Å². The van der Waals surface area contributed by atoms with Crippen molar-refractivity contribution < 1.29 is 9.90 Å². The molecule has 0 saturated carbocycles. The zero-order chi connectivity index (χ0) is 15.6. The van der Waals surface area contributed by atoms with Crippen LogP contribution >= 0.6 is 0 Å². The molecule has 5 heteroatoms. The molecule has 0 bridgehead atoms. The third kappa shape index (κ3) is 3.35. The first-order chi connectivity index (χ1) is 9.93. The fourth-order valence-corrected chi connectivity index (χ4v) is 3.03. The maximum Gasteiger partial charge on any atom is 0.303 e. The number of aliphatic carboxylic acids is 1. The highest BCUT2D eigenvalue weighted by Crippen LogP contribution is 2.21. The van der Waals surface area contributed by atoms with Crippen molar-refractivity contribution in [3.8, 4) is 0 Å². The van der Waals surface area contributed by atoms with E-state index in [9.17, 15) is 9.59 Å². The Hall–Kier alpha value is -1.62. The lowest BCUT2D eigenvalue weighted by atomic mass is 10.00. The van der Waals surface area contributed by atoms with E-state index in [1.54, 1.807) is 0 Å². The molecule has 1 aromatic rings. The first-order valence-electron chi connectivity index (χ1n) is 7.64. The van der Waals surface area contributed by atoms with Gasteiger partial charge in [0.05, 0.1) is 0 Å². The Morgan fingerprint density at radius 3 is 2.71 bits per heavy atom. The molecule has 0 unspecified atom stereocenters. The van der Waals surface area contributed by atoms with Crippen LogP contribution < -0.4 is 5.56 Å². The third-order valence-corrected chi connectivity index (χ3v) is 4.13. The highest BCUT2D eigenvalue weighted by atomic mass is 16.4. The Labute approximate surface area is 125 Å². The van der Waals surface area contributed by atoms with Gasteiger partial charge in [0.1, 0.15) is 0 Å². The number of carbonyl (C=O) groups is 1. The Morgan fingerprint density at radius 2 is 2.14 bits per heavy atom. The lowest BCUT2D eigenvalue weighted by Gasteiger charge is -2.31. The van der Waals surface area contributed by atoms with E-state index in [2.05, 4.69) is 11.8 Å². The molecule has 1 aliphatic rings. The topological polar surface area (TPSA) is 62.5 Å². The lowest BCUT2D eigenvalue weighted by molar-refractivity contribution is -0.136. The van der Waals surface area contributed by atoms with Crippen molar-refractivity contribution >= 4 is 5.97 Å². The van der Waals surface area contributed by atoms with Crippen molar-refractivity contribution in [1.82, 2.24) is 9.47 Å². The number of carboxylic acid groups (broad SMARTS) is 1. The normalized spacial score (nSPS) is 15.2. The summed E-state index contributed by atoms with van der Waals surface area (Å²) in [6.45, 7) is 8.96. The Bertz CT molecular complexity index is 590. The first kappa shape index (κ1) is 15.8. The molecule has 21 heavy (non-hydrogen) atoms. The van der Waals surface area contributed by atoms with Gasteiger partial charge >= 0.3 is 5.97 Å². The summed E-state index contributed by atoms with van der Waals surface area (Å²) in [5.74, 6) is -0.863. The molecular formula is C16H24N2O3. The Kier molecular flexibility index (Phi) is 4.83. The van der Waals surface area contributed by atoms with Crippen molar-refractivity contribution in [1.29, 1.82) is 0 Å². The van der Waals surface area contributed by atoms with E-state index in [4.69, 9.17) is 5.11 Å². The Balaban J connectivity index is 2.46. The van der Waals surface area contributed by atoms with E-state index in [0.29, 0.717) is 12.0 Å². The standard InChI is InChI=1S/C16H24N2O3/c1-4-17-8-7-14-13(10-17)9-12(5-6-15(19)20)16(21)18(14)11(2)3/h9,11H,4-8,10H2,1-3H3,(H,19,20). The predicted molar refractivity (Wildman–Crippen MR) is 81.7 cm³/mol. The van der Waals surface area contributed by atoms with E-state index in [0.717, 1.165) is 31.7 Å². The summed E-state index contributed by atoms with van der Waals surface area (Å²) in [6.07, 6.45) is 1.19. The summed E-state index contributed by atoms with van der Waals surface area (Å²) in [6, 6.07) is 2.03. The minimum Gasteiger partial charge on any atom is -0.481 e. The van der Waals surface area contributed by atoms with Crippen LogP contribution in [0, 0.1) is 0 Å². The lowest BCUT2D eigenvalue weighted by Crippen LogP contribution is -2.37. The number of aromatic nitrogens is 1. The van der Waals surface area contributed by atoms with Crippen LogP contribution in [0.2, 0.25) is 0 Å². The van der Waals surface area contributed by atoms with E-state index in [1.807, 2.05) is 24.5 Å². The summed E-state index contributed by atoms with van der Waals surface area (Å²) in [5, 5.41) is 8.85. The minimum absolute atomic E-state index is 0.00359. The van der Waals surface area contributed by atoms with E-state index in [-0.39, 0.29) is 18.0 Å². The average molecular weight is 292 g/mol. The van der Waals surface area contributed by atoms with Gasteiger partial charge in [-0.15, -0.1) is 0 Å². The quantitative estimate of drug-likeness (QED) is 0.899. The largest absolute Gasteiger partial charge is 0.481 e. The molecular weight excluding hydrogens is 268 g/mol. The molecule has 5 nitrogen and oxygen atoms in total. The van der Waals surface area contributed by atoms with E-state index < -0.39 is 5.97 Å². The molecule has 0 aliphatic carbocycles. The van der Waals surface area contributed by atoms with Crippen LogP contribution in [0.5, 0.6) is 0 Å². The van der Waals surface area contributed by atoms with Crippen LogP contribution in [0.15, 0.2) is 10.9 Å². The van der Waals surface area contributed by atoms with Crippen LogP contribution in [-0.4, -0.2) is 33.6 Å². The number of hydrogen-bond donors (Lipinski definition) is 1. The second kappa shape index (κ2) is 6.43. The number of rotatable bonds is 5. The molecule has 0 aromatic carbocycles. The molecule has 0 spiro atoms. The van der Waals surface area contributed by atoms with Crippen molar-refractivity contribution in [2.45, 2.75) is 52.6 Å². The van der Waals surface area contributed by atoms with Gasteiger partial charge in [-0.3, -0.25) is 14.5 Å². The number of aryl methyl sites for hydroxylation is 1. The van der Waals surface area contributed by atoms with Crippen LogP contribution in [0.25, 0.3) is 0 Å². The minimum atomic E-state index is -0.863. The summed E-state index contributed by atoms with van der Waals surface area (Å²) < 4.78 is 1.86. The number of pyridine rings is 1. The molecule has 0 atom stereocenters. The summed E-state index contributed by atoms with van der Waals surface area (Å²) in [4.78, 5) is 25.7. The monoisotopic (exact) mass is 292 g/mol. The zero-order valence-corrected chi connectivity index (χ0v) is 13.1. The molecule has 0 radical (unpaired) electrons. The molecule has 2 rings (SSSR count). The fraction of sp³-hybridized carbons (Fsp3) is 0.625.